The van der Waals surface area contributed by atoms with E-state index in [1.165, 1.54) is 0 Å². The minimum Gasteiger partial charge on any atom is -0.503 e. The molecule has 0 saturated carbocycles. The average molecular weight is 160 g/mol. The first-order valence-electron chi connectivity index (χ1n) is 2.89. The summed E-state index contributed by atoms with van der Waals surface area (Å²) in [5.74, 6) is -0.190. The first kappa shape index (κ1) is 7.21. The van der Waals surface area contributed by atoms with Gasteiger partial charge in [-0.15, -0.1) is 0 Å². The van der Waals surface area contributed by atoms with Gasteiger partial charge in [0.05, 0.1) is 5.56 Å². The van der Waals surface area contributed by atoms with Crippen molar-refractivity contribution >= 4 is 11.3 Å². The highest BCUT2D eigenvalue weighted by molar-refractivity contribution is 7.16. The van der Waals surface area contributed by atoms with Gasteiger partial charge in [0.15, 0.2) is 10.8 Å². The summed E-state index contributed by atoms with van der Waals surface area (Å²) in [5.41, 5.74) is 0.419. The van der Waals surface area contributed by atoms with Crippen molar-refractivity contribution in [2.75, 3.05) is 0 Å². The lowest BCUT2D eigenvalue weighted by atomic mass is 10.2. The predicted octanol–water partition coefficient (Wildman–Crippen LogP) is 1.43. The zero-order chi connectivity index (χ0) is 7.72. The molecule has 3 N–H and O–H groups in total. The van der Waals surface area contributed by atoms with Crippen LogP contribution < -0.4 is 0 Å². The van der Waals surface area contributed by atoms with Crippen molar-refractivity contribution in [3.05, 3.63) is 5.56 Å². The normalized spacial score (nSPS) is 10.1. The molecule has 1 rings (SSSR count). The van der Waals surface area contributed by atoms with Crippen LogP contribution in [0.25, 0.3) is 0 Å². The Morgan fingerprint density at radius 1 is 1.20 bits per heavy atom. The van der Waals surface area contributed by atoms with Crippen LogP contribution in [0.4, 0.5) is 0 Å². The van der Waals surface area contributed by atoms with Crippen molar-refractivity contribution in [3.63, 3.8) is 0 Å². The zero-order valence-electron chi connectivity index (χ0n) is 5.46. The minimum atomic E-state index is -0.214. The molecule has 0 saturated heterocycles. The van der Waals surface area contributed by atoms with E-state index in [1.807, 2.05) is 0 Å². The molecular formula is C6H8O3S. The van der Waals surface area contributed by atoms with E-state index < -0.39 is 0 Å². The van der Waals surface area contributed by atoms with Crippen molar-refractivity contribution in [2.24, 2.45) is 0 Å². The van der Waals surface area contributed by atoms with Crippen LogP contribution in [0, 0.1) is 0 Å². The van der Waals surface area contributed by atoms with Crippen LogP contribution in [0.5, 0.6) is 15.9 Å². The van der Waals surface area contributed by atoms with Crippen LogP contribution in [-0.4, -0.2) is 15.3 Å². The van der Waals surface area contributed by atoms with Gasteiger partial charge in [-0.1, -0.05) is 18.3 Å². The molecule has 0 aliphatic heterocycles. The fourth-order valence-electron chi connectivity index (χ4n) is 0.751. The molecule has 1 aromatic rings. The summed E-state index contributed by atoms with van der Waals surface area (Å²) in [6.45, 7) is 1.79. The molecule has 0 unspecified atom stereocenters. The van der Waals surface area contributed by atoms with Gasteiger partial charge in [0.25, 0.3) is 0 Å². The number of rotatable bonds is 1. The molecule has 10 heavy (non-hydrogen) atoms. The van der Waals surface area contributed by atoms with E-state index in [2.05, 4.69) is 0 Å². The van der Waals surface area contributed by atoms with E-state index in [9.17, 15) is 0 Å². The van der Waals surface area contributed by atoms with E-state index in [0.717, 1.165) is 11.3 Å². The largest absolute Gasteiger partial charge is 0.503 e. The molecule has 0 aliphatic rings. The summed E-state index contributed by atoms with van der Waals surface area (Å²) >= 11 is 0.782. The topological polar surface area (TPSA) is 60.7 Å². The van der Waals surface area contributed by atoms with Gasteiger partial charge in [-0.3, -0.25) is 0 Å². The van der Waals surface area contributed by atoms with E-state index >= 15 is 0 Å². The number of hydrogen-bond donors (Lipinski definition) is 3. The SMILES string of the molecule is CCc1c(O)sc(O)c1O. The molecule has 0 amide bonds. The monoisotopic (exact) mass is 160 g/mol. The van der Waals surface area contributed by atoms with Crippen LogP contribution in [-0.2, 0) is 6.42 Å². The summed E-state index contributed by atoms with van der Waals surface area (Å²) in [5, 5.41) is 26.7. The lowest BCUT2D eigenvalue weighted by Crippen LogP contribution is -1.73. The van der Waals surface area contributed by atoms with Crippen LogP contribution in [0.3, 0.4) is 0 Å². The van der Waals surface area contributed by atoms with Gasteiger partial charge in [-0.05, 0) is 6.42 Å². The number of aromatic hydroxyl groups is 3. The fraction of sp³-hybridized carbons (Fsp3) is 0.333. The molecule has 0 spiro atoms. The smallest absolute Gasteiger partial charge is 0.218 e. The third-order valence-corrected chi connectivity index (χ3v) is 2.12. The number of thiophene rings is 1. The average Bonchev–Trinajstić information content (AvgIpc) is 2.09. The second-order valence-corrected chi connectivity index (χ2v) is 2.87. The molecule has 1 heterocycles. The maximum absolute atomic E-state index is 9.02. The second-order valence-electron chi connectivity index (χ2n) is 1.89. The van der Waals surface area contributed by atoms with Crippen molar-refractivity contribution < 1.29 is 15.3 Å². The van der Waals surface area contributed by atoms with E-state index in [4.69, 9.17) is 15.3 Å². The van der Waals surface area contributed by atoms with Crippen molar-refractivity contribution in [3.8, 4) is 15.9 Å². The molecule has 0 aliphatic carbocycles. The van der Waals surface area contributed by atoms with Crippen molar-refractivity contribution in [1.82, 2.24) is 0 Å². The maximum atomic E-state index is 9.02. The van der Waals surface area contributed by atoms with Crippen LogP contribution >= 0.6 is 11.3 Å². The Labute approximate surface area is 62.2 Å². The Hall–Kier alpha value is -0.900. The van der Waals surface area contributed by atoms with Gasteiger partial charge in [0, 0.05) is 0 Å². The molecule has 0 atom stereocenters. The van der Waals surface area contributed by atoms with Crippen LogP contribution in [0.1, 0.15) is 12.5 Å². The molecule has 0 bridgehead atoms. The highest BCUT2D eigenvalue weighted by Gasteiger charge is 2.13. The highest BCUT2D eigenvalue weighted by Crippen LogP contribution is 2.44. The van der Waals surface area contributed by atoms with Crippen LogP contribution in [0.2, 0.25) is 0 Å². The van der Waals surface area contributed by atoms with Gasteiger partial charge < -0.3 is 15.3 Å². The highest BCUT2D eigenvalue weighted by atomic mass is 32.1. The lowest BCUT2D eigenvalue weighted by molar-refractivity contribution is 0.409. The summed E-state index contributed by atoms with van der Waals surface area (Å²) in [6, 6.07) is 0. The minimum absolute atomic E-state index is 0.00231. The molecule has 0 fully saturated rings. The Balaban J connectivity index is 3.20. The van der Waals surface area contributed by atoms with E-state index in [1.54, 1.807) is 6.92 Å². The Morgan fingerprint density at radius 3 is 2.00 bits per heavy atom. The summed E-state index contributed by atoms with van der Waals surface area (Å²) < 4.78 is 0. The van der Waals surface area contributed by atoms with Gasteiger partial charge in [0.1, 0.15) is 0 Å². The third-order valence-electron chi connectivity index (χ3n) is 1.29. The maximum Gasteiger partial charge on any atom is 0.218 e. The molecule has 0 radical (unpaired) electrons. The van der Waals surface area contributed by atoms with E-state index in [-0.39, 0.29) is 15.9 Å². The third kappa shape index (κ3) is 0.903. The Bertz CT molecular complexity index is 241. The summed E-state index contributed by atoms with van der Waals surface area (Å²) in [4.78, 5) is 0. The van der Waals surface area contributed by atoms with Crippen LogP contribution in [0.15, 0.2) is 0 Å². The predicted molar refractivity (Wildman–Crippen MR) is 38.7 cm³/mol. The first-order valence-corrected chi connectivity index (χ1v) is 3.71. The van der Waals surface area contributed by atoms with E-state index in [0.29, 0.717) is 12.0 Å². The fourth-order valence-corrected chi connectivity index (χ4v) is 1.52. The second kappa shape index (κ2) is 2.38. The molecule has 56 valence electrons. The van der Waals surface area contributed by atoms with Gasteiger partial charge in [-0.2, -0.15) is 0 Å². The Morgan fingerprint density at radius 2 is 1.80 bits per heavy atom. The molecule has 3 nitrogen and oxygen atoms in total. The van der Waals surface area contributed by atoms with Gasteiger partial charge >= 0.3 is 0 Å². The van der Waals surface area contributed by atoms with Gasteiger partial charge in [0.2, 0.25) is 5.06 Å². The Kier molecular flexibility index (Phi) is 1.72. The zero-order valence-corrected chi connectivity index (χ0v) is 6.27. The van der Waals surface area contributed by atoms with Crippen molar-refractivity contribution in [1.29, 1.82) is 0 Å². The molecule has 0 aromatic carbocycles. The van der Waals surface area contributed by atoms with Gasteiger partial charge in [-0.25, -0.2) is 0 Å². The standard InChI is InChI=1S/C6H8O3S/c1-2-3-4(7)6(9)10-5(3)8/h7-9H,2H2,1H3. The molecular weight excluding hydrogens is 152 g/mol. The number of hydrogen-bond acceptors (Lipinski definition) is 4. The van der Waals surface area contributed by atoms with Crippen molar-refractivity contribution in [2.45, 2.75) is 13.3 Å². The molecule has 4 heteroatoms. The summed E-state index contributed by atoms with van der Waals surface area (Å²) in [6.07, 6.45) is 0.523. The first-order chi connectivity index (χ1) is 4.66. The molecule has 1 aromatic heterocycles. The lowest BCUT2D eigenvalue weighted by Gasteiger charge is -1.91. The summed E-state index contributed by atoms with van der Waals surface area (Å²) in [7, 11) is 0. The quantitative estimate of drug-likeness (QED) is 0.582.